The van der Waals surface area contributed by atoms with Gasteiger partial charge in [-0.25, -0.2) is 18.2 Å². The van der Waals surface area contributed by atoms with Gasteiger partial charge in [-0.3, -0.25) is 10.2 Å². The van der Waals surface area contributed by atoms with E-state index in [2.05, 4.69) is 10.3 Å². The minimum atomic E-state index is -3.30. The van der Waals surface area contributed by atoms with Crippen LogP contribution >= 0.6 is 22.9 Å². The fraction of sp³-hybridized carbons (Fsp3) is 0.412. The molecule has 1 N–H and O–H groups in total. The molecule has 146 valence electrons. The van der Waals surface area contributed by atoms with Crippen LogP contribution < -0.4 is 10.2 Å². The lowest BCUT2D eigenvalue weighted by Crippen LogP contribution is -2.40. The third-order valence-electron chi connectivity index (χ3n) is 4.29. The van der Waals surface area contributed by atoms with Gasteiger partial charge in [-0.05, 0) is 43.0 Å². The van der Waals surface area contributed by atoms with E-state index in [0.717, 1.165) is 19.1 Å². The lowest BCUT2D eigenvalue weighted by Gasteiger charge is -2.29. The van der Waals surface area contributed by atoms with Crippen LogP contribution in [0.5, 0.6) is 0 Å². The van der Waals surface area contributed by atoms with Crippen LogP contribution in [0.2, 0.25) is 4.34 Å². The van der Waals surface area contributed by atoms with Gasteiger partial charge >= 0.3 is 6.03 Å². The number of thiazole rings is 1. The Kier molecular flexibility index (Phi) is 6.36. The maximum Gasteiger partial charge on any atom is 0.328 e. The maximum absolute atomic E-state index is 12.9. The van der Waals surface area contributed by atoms with E-state index in [1.165, 1.54) is 29.7 Å². The van der Waals surface area contributed by atoms with E-state index < -0.39 is 9.84 Å². The van der Waals surface area contributed by atoms with Gasteiger partial charge in [0.1, 0.15) is 4.34 Å². The Labute approximate surface area is 167 Å². The molecular weight excluding hydrogens is 410 g/mol. The Balaban J connectivity index is 1.82. The van der Waals surface area contributed by atoms with E-state index in [1.807, 2.05) is 0 Å². The monoisotopic (exact) mass is 429 g/mol. The van der Waals surface area contributed by atoms with Crippen LogP contribution in [0.3, 0.4) is 0 Å². The van der Waals surface area contributed by atoms with Crippen LogP contribution in [0, 0.1) is 5.92 Å². The average Bonchev–Trinajstić information content (AvgIpc) is 3.04. The Morgan fingerprint density at radius 3 is 2.56 bits per heavy atom. The summed E-state index contributed by atoms with van der Waals surface area (Å²) in [6.45, 7) is 1.86. The Morgan fingerprint density at radius 2 is 2.00 bits per heavy atom. The molecule has 1 saturated heterocycles. The number of sulfone groups is 1. The largest absolute Gasteiger partial charge is 0.381 e. The van der Waals surface area contributed by atoms with E-state index >= 15 is 0 Å². The summed E-state index contributed by atoms with van der Waals surface area (Å²) in [5, 5.41) is 3.17. The van der Waals surface area contributed by atoms with Gasteiger partial charge in [-0.15, -0.1) is 0 Å². The molecular formula is C17H20ClN3O4S2. The topological polar surface area (TPSA) is 88.6 Å². The molecule has 27 heavy (non-hydrogen) atoms. The summed E-state index contributed by atoms with van der Waals surface area (Å²) < 4.78 is 29.2. The smallest absolute Gasteiger partial charge is 0.328 e. The van der Waals surface area contributed by atoms with Gasteiger partial charge in [0.2, 0.25) is 0 Å². The summed E-state index contributed by atoms with van der Waals surface area (Å²) in [5.74, 6) is 0.305. The highest BCUT2D eigenvalue weighted by molar-refractivity contribution is 7.90. The highest BCUT2D eigenvalue weighted by atomic mass is 35.5. The van der Waals surface area contributed by atoms with Crippen molar-refractivity contribution in [3.05, 3.63) is 34.8 Å². The molecule has 2 amide bonds. The minimum absolute atomic E-state index is 0.212. The van der Waals surface area contributed by atoms with Gasteiger partial charge in [0, 0.05) is 31.7 Å². The number of ether oxygens (including phenoxy) is 1. The number of hydrogen-bond acceptors (Lipinski definition) is 6. The quantitative estimate of drug-likeness (QED) is 0.783. The summed E-state index contributed by atoms with van der Waals surface area (Å²) in [6, 6.07) is 5.97. The van der Waals surface area contributed by atoms with Crippen molar-refractivity contribution in [1.29, 1.82) is 0 Å². The van der Waals surface area contributed by atoms with E-state index in [4.69, 9.17) is 16.3 Å². The summed E-state index contributed by atoms with van der Waals surface area (Å²) in [4.78, 5) is 18.7. The Hall–Kier alpha value is -1.68. The van der Waals surface area contributed by atoms with Crippen molar-refractivity contribution in [2.24, 2.45) is 5.92 Å². The molecule has 1 aliphatic heterocycles. The van der Waals surface area contributed by atoms with Gasteiger partial charge in [0.25, 0.3) is 0 Å². The van der Waals surface area contributed by atoms with Crippen LogP contribution in [-0.4, -0.2) is 45.4 Å². The minimum Gasteiger partial charge on any atom is -0.381 e. The predicted molar refractivity (Wildman–Crippen MR) is 107 cm³/mol. The summed E-state index contributed by atoms with van der Waals surface area (Å²) in [6.07, 6.45) is 4.37. The van der Waals surface area contributed by atoms with Crippen molar-refractivity contribution in [3.63, 3.8) is 0 Å². The first-order chi connectivity index (χ1) is 12.8. The first-order valence-electron chi connectivity index (χ1n) is 8.40. The van der Waals surface area contributed by atoms with Gasteiger partial charge in [0.05, 0.1) is 11.1 Å². The molecule has 2 aromatic rings. The zero-order chi connectivity index (χ0) is 19.4. The average molecular weight is 430 g/mol. The fourth-order valence-corrected chi connectivity index (χ4v) is 4.27. The molecule has 1 aromatic carbocycles. The van der Waals surface area contributed by atoms with Crippen molar-refractivity contribution < 1.29 is 17.9 Å². The molecule has 1 aliphatic rings. The predicted octanol–water partition coefficient (Wildman–Crippen LogP) is 3.67. The van der Waals surface area contributed by atoms with Crippen molar-refractivity contribution in [2.45, 2.75) is 17.7 Å². The van der Waals surface area contributed by atoms with E-state index in [-0.39, 0.29) is 10.9 Å². The Morgan fingerprint density at radius 1 is 1.33 bits per heavy atom. The SMILES string of the molecule is CS(=O)(=O)c1ccc(N(CC2CCOCC2)C(=O)Nc2ncc(Cl)s2)cc1. The summed E-state index contributed by atoms with van der Waals surface area (Å²) in [5.41, 5.74) is 0.619. The maximum atomic E-state index is 12.9. The van der Waals surface area contributed by atoms with E-state index in [9.17, 15) is 13.2 Å². The number of anilines is 2. The first kappa shape index (κ1) is 20.1. The number of urea groups is 1. The molecule has 1 aromatic heterocycles. The number of carbonyl (C=O) groups excluding carboxylic acids is 1. The van der Waals surface area contributed by atoms with Crippen molar-refractivity contribution in [2.75, 3.05) is 36.2 Å². The molecule has 0 saturated carbocycles. The zero-order valence-electron chi connectivity index (χ0n) is 14.7. The van der Waals surface area contributed by atoms with Crippen LogP contribution in [0.15, 0.2) is 35.4 Å². The second-order valence-electron chi connectivity index (χ2n) is 6.33. The molecule has 0 atom stereocenters. The van der Waals surface area contributed by atoms with E-state index in [0.29, 0.717) is 40.8 Å². The number of nitrogens with one attached hydrogen (secondary N) is 1. The van der Waals surface area contributed by atoms with Gasteiger partial charge in [0.15, 0.2) is 15.0 Å². The number of amides is 2. The normalized spacial score (nSPS) is 15.5. The summed E-state index contributed by atoms with van der Waals surface area (Å²) >= 11 is 7.05. The molecule has 0 radical (unpaired) electrons. The lowest BCUT2D eigenvalue weighted by atomic mass is 9.99. The number of nitrogens with zero attached hydrogens (tertiary/aromatic N) is 2. The number of rotatable bonds is 5. The number of hydrogen-bond donors (Lipinski definition) is 1. The highest BCUT2D eigenvalue weighted by Crippen LogP contribution is 2.26. The van der Waals surface area contributed by atoms with Crippen molar-refractivity contribution in [1.82, 2.24) is 4.98 Å². The van der Waals surface area contributed by atoms with Crippen LogP contribution in [0.25, 0.3) is 0 Å². The highest BCUT2D eigenvalue weighted by Gasteiger charge is 2.23. The fourth-order valence-electron chi connectivity index (χ4n) is 2.84. The van der Waals surface area contributed by atoms with Crippen LogP contribution in [-0.2, 0) is 14.6 Å². The van der Waals surface area contributed by atoms with Crippen molar-refractivity contribution in [3.8, 4) is 0 Å². The number of carbonyl (C=O) groups is 1. The Bertz CT molecular complexity index is 893. The van der Waals surface area contributed by atoms with Crippen LogP contribution in [0.1, 0.15) is 12.8 Å². The van der Waals surface area contributed by atoms with Gasteiger partial charge < -0.3 is 4.74 Å². The molecule has 7 nitrogen and oxygen atoms in total. The lowest BCUT2D eigenvalue weighted by molar-refractivity contribution is 0.0686. The third-order valence-corrected chi connectivity index (χ3v) is 6.45. The number of aromatic nitrogens is 1. The first-order valence-corrected chi connectivity index (χ1v) is 11.5. The summed E-state index contributed by atoms with van der Waals surface area (Å²) in [7, 11) is -3.30. The van der Waals surface area contributed by atoms with Crippen LogP contribution in [0.4, 0.5) is 15.6 Å². The molecule has 0 bridgehead atoms. The number of benzene rings is 1. The molecule has 0 aliphatic carbocycles. The molecule has 2 heterocycles. The van der Waals surface area contributed by atoms with Gasteiger partial charge in [-0.2, -0.15) is 0 Å². The second kappa shape index (κ2) is 8.55. The molecule has 0 spiro atoms. The van der Waals surface area contributed by atoms with Gasteiger partial charge in [-0.1, -0.05) is 22.9 Å². The standard InChI is InChI=1S/C17H20ClN3O4S2/c1-27(23,24)14-4-2-13(3-5-14)21(11-12-6-8-25-9-7-12)17(22)20-16-19-10-15(18)26-16/h2-5,10,12H,6-9,11H2,1H3,(H,19,20,22). The molecule has 3 rings (SSSR count). The molecule has 10 heteroatoms. The molecule has 1 fully saturated rings. The number of halogens is 1. The second-order valence-corrected chi connectivity index (χ2v) is 10.0. The zero-order valence-corrected chi connectivity index (χ0v) is 17.1. The molecule has 0 unspecified atom stereocenters. The van der Waals surface area contributed by atoms with E-state index in [1.54, 1.807) is 17.0 Å². The van der Waals surface area contributed by atoms with Crippen molar-refractivity contribution >= 4 is 49.6 Å². The third kappa shape index (κ3) is 5.41.